The highest BCUT2D eigenvalue weighted by Crippen LogP contribution is 2.15. The number of amides is 1. The average molecular weight is 381 g/mol. The van der Waals surface area contributed by atoms with Crippen molar-refractivity contribution in [3.63, 3.8) is 0 Å². The normalized spacial score (nSPS) is 14.3. The third kappa shape index (κ3) is 3.90. The van der Waals surface area contributed by atoms with Crippen LogP contribution in [0.15, 0.2) is 46.2 Å². The molecule has 3 aromatic heterocycles. The van der Waals surface area contributed by atoms with E-state index in [1.807, 2.05) is 11.0 Å². The topological polar surface area (TPSA) is 121 Å². The molecule has 0 saturated carbocycles. The molecule has 10 nitrogen and oxygen atoms in total. The van der Waals surface area contributed by atoms with E-state index in [1.54, 1.807) is 29.6 Å². The number of carbonyl (C=O) groups excluding carboxylic acids is 1. The fraction of sp³-hybridized carbons (Fsp3) is 0.333. The third-order valence-electron chi connectivity index (χ3n) is 4.56. The van der Waals surface area contributed by atoms with Crippen LogP contribution in [0.1, 0.15) is 12.3 Å². The molecule has 0 bridgehead atoms. The largest absolute Gasteiger partial charge is 0.348 e. The van der Waals surface area contributed by atoms with Crippen LogP contribution in [0.4, 0.5) is 5.82 Å². The number of aryl methyl sites for hydroxylation is 1. The molecule has 4 heterocycles. The molecule has 1 N–H and O–H groups in total. The number of H-pyrrole nitrogens is 1. The molecular formula is C18H19N7O3. The van der Waals surface area contributed by atoms with Gasteiger partial charge in [0, 0.05) is 69.4 Å². The lowest BCUT2D eigenvalue weighted by Crippen LogP contribution is -2.50. The van der Waals surface area contributed by atoms with Crippen LogP contribution in [0.2, 0.25) is 0 Å². The molecular weight excluding hydrogens is 362 g/mol. The Kier molecular flexibility index (Phi) is 5.09. The molecule has 3 aromatic rings. The van der Waals surface area contributed by atoms with E-state index in [2.05, 4.69) is 25.1 Å². The number of hydrogen-bond donors (Lipinski definition) is 1. The summed E-state index contributed by atoms with van der Waals surface area (Å²) in [6, 6.07) is 3.65. The van der Waals surface area contributed by atoms with Crippen LogP contribution < -0.4 is 10.5 Å². The molecule has 0 unspecified atom stereocenters. The second kappa shape index (κ2) is 7.99. The summed E-state index contributed by atoms with van der Waals surface area (Å²) in [7, 11) is 0. The fourth-order valence-corrected chi connectivity index (χ4v) is 3.08. The van der Waals surface area contributed by atoms with Crippen molar-refractivity contribution in [1.29, 1.82) is 0 Å². The molecule has 10 heteroatoms. The molecule has 1 fully saturated rings. The number of nitrogens with zero attached hydrogens (tertiary/aromatic N) is 6. The molecule has 28 heavy (non-hydrogen) atoms. The molecule has 0 spiro atoms. The van der Waals surface area contributed by atoms with Gasteiger partial charge in [-0.1, -0.05) is 5.16 Å². The molecule has 0 aromatic carbocycles. The highest BCUT2D eigenvalue weighted by atomic mass is 16.5. The van der Waals surface area contributed by atoms with E-state index in [9.17, 15) is 9.59 Å². The monoisotopic (exact) mass is 381 g/mol. The lowest BCUT2D eigenvalue weighted by atomic mass is 10.2. The summed E-state index contributed by atoms with van der Waals surface area (Å²) in [5.41, 5.74) is 0.549. The van der Waals surface area contributed by atoms with Crippen LogP contribution >= 0.6 is 0 Å². The number of aromatic amines is 1. The molecule has 0 atom stereocenters. The zero-order valence-electron chi connectivity index (χ0n) is 15.1. The summed E-state index contributed by atoms with van der Waals surface area (Å²) in [6.07, 6.45) is 7.06. The minimum atomic E-state index is -0.219. The van der Waals surface area contributed by atoms with Gasteiger partial charge in [0.25, 0.3) is 5.56 Å². The molecule has 1 aliphatic rings. The van der Waals surface area contributed by atoms with Gasteiger partial charge in [0.2, 0.25) is 17.6 Å². The molecule has 1 amide bonds. The summed E-state index contributed by atoms with van der Waals surface area (Å²) < 4.78 is 5.23. The quantitative estimate of drug-likeness (QED) is 0.678. The van der Waals surface area contributed by atoms with E-state index in [0.717, 1.165) is 5.56 Å². The van der Waals surface area contributed by atoms with Crippen LogP contribution in [0.5, 0.6) is 0 Å². The van der Waals surface area contributed by atoms with Crippen molar-refractivity contribution in [3.05, 3.63) is 53.2 Å². The van der Waals surface area contributed by atoms with Crippen molar-refractivity contribution >= 4 is 11.7 Å². The second-order valence-electron chi connectivity index (χ2n) is 6.36. The van der Waals surface area contributed by atoms with Crippen LogP contribution in [0.3, 0.4) is 0 Å². The van der Waals surface area contributed by atoms with E-state index < -0.39 is 0 Å². The van der Waals surface area contributed by atoms with E-state index in [4.69, 9.17) is 4.52 Å². The van der Waals surface area contributed by atoms with Crippen molar-refractivity contribution in [1.82, 2.24) is 30.0 Å². The number of rotatable bonds is 5. The minimum Gasteiger partial charge on any atom is -0.348 e. The van der Waals surface area contributed by atoms with Gasteiger partial charge in [0.1, 0.15) is 0 Å². The van der Waals surface area contributed by atoms with Gasteiger partial charge < -0.3 is 19.3 Å². The van der Waals surface area contributed by atoms with Gasteiger partial charge in [0.15, 0.2) is 5.82 Å². The van der Waals surface area contributed by atoms with Gasteiger partial charge in [-0.05, 0) is 12.1 Å². The van der Waals surface area contributed by atoms with Crippen molar-refractivity contribution in [2.24, 2.45) is 0 Å². The highest BCUT2D eigenvalue weighted by molar-refractivity contribution is 5.76. The second-order valence-corrected chi connectivity index (χ2v) is 6.36. The Balaban J connectivity index is 1.29. The van der Waals surface area contributed by atoms with E-state index in [-0.39, 0.29) is 11.5 Å². The zero-order valence-corrected chi connectivity index (χ0v) is 15.1. The van der Waals surface area contributed by atoms with Crippen molar-refractivity contribution in [2.75, 3.05) is 31.1 Å². The van der Waals surface area contributed by atoms with Crippen molar-refractivity contribution in [2.45, 2.75) is 12.8 Å². The van der Waals surface area contributed by atoms with Gasteiger partial charge in [-0.15, -0.1) is 0 Å². The van der Waals surface area contributed by atoms with Crippen LogP contribution in [0.25, 0.3) is 11.4 Å². The molecule has 4 rings (SSSR count). The molecule has 1 aliphatic heterocycles. The van der Waals surface area contributed by atoms with Crippen molar-refractivity contribution in [3.8, 4) is 11.4 Å². The van der Waals surface area contributed by atoms with Crippen LogP contribution in [-0.4, -0.2) is 62.1 Å². The number of pyridine rings is 1. The lowest BCUT2D eigenvalue weighted by Gasteiger charge is -2.34. The fourth-order valence-electron chi connectivity index (χ4n) is 3.08. The number of anilines is 1. The molecule has 1 saturated heterocycles. The maximum atomic E-state index is 12.5. The maximum Gasteiger partial charge on any atom is 0.290 e. The third-order valence-corrected chi connectivity index (χ3v) is 4.56. The first-order valence-corrected chi connectivity index (χ1v) is 9.00. The summed E-state index contributed by atoms with van der Waals surface area (Å²) >= 11 is 0. The number of carbonyl (C=O) groups is 1. The first kappa shape index (κ1) is 17.8. The zero-order chi connectivity index (χ0) is 19.3. The Morgan fingerprint density at radius 3 is 2.82 bits per heavy atom. The molecule has 0 aliphatic carbocycles. The smallest absolute Gasteiger partial charge is 0.290 e. The number of piperazine rings is 1. The Hall–Kier alpha value is -3.56. The summed E-state index contributed by atoms with van der Waals surface area (Å²) in [4.78, 5) is 43.1. The lowest BCUT2D eigenvalue weighted by molar-refractivity contribution is -0.131. The summed E-state index contributed by atoms with van der Waals surface area (Å²) in [5, 5.41) is 3.93. The van der Waals surface area contributed by atoms with Gasteiger partial charge in [-0.3, -0.25) is 14.6 Å². The predicted molar refractivity (Wildman–Crippen MR) is 99.5 cm³/mol. The van der Waals surface area contributed by atoms with E-state index in [1.165, 1.54) is 6.20 Å². The molecule has 144 valence electrons. The van der Waals surface area contributed by atoms with Gasteiger partial charge in [-0.2, -0.15) is 4.98 Å². The van der Waals surface area contributed by atoms with E-state index >= 15 is 0 Å². The maximum absolute atomic E-state index is 12.5. The first-order chi connectivity index (χ1) is 13.7. The Labute approximate surface area is 160 Å². The molecule has 0 radical (unpaired) electrons. The summed E-state index contributed by atoms with van der Waals surface area (Å²) in [5.74, 6) is 1.30. The average Bonchev–Trinajstić information content (AvgIpc) is 3.22. The van der Waals surface area contributed by atoms with E-state index in [0.29, 0.717) is 56.6 Å². The van der Waals surface area contributed by atoms with Crippen LogP contribution in [-0.2, 0) is 11.2 Å². The number of nitrogens with one attached hydrogen (secondary N) is 1. The van der Waals surface area contributed by atoms with Crippen LogP contribution in [0, 0.1) is 0 Å². The number of aromatic nitrogens is 5. The van der Waals surface area contributed by atoms with Gasteiger partial charge in [0.05, 0.1) is 0 Å². The summed E-state index contributed by atoms with van der Waals surface area (Å²) in [6.45, 7) is 2.22. The van der Waals surface area contributed by atoms with Crippen molar-refractivity contribution < 1.29 is 9.32 Å². The van der Waals surface area contributed by atoms with Gasteiger partial charge >= 0.3 is 0 Å². The predicted octanol–water partition coefficient (Wildman–Crippen LogP) is 0.496. The minimum absolute atomic E-state index is 0.0238. The Morgan fingerprint density at radius 2 is 2.07 bits per heavy atom. The SMILES string of the molecule is O=C(CCc1nc(-c2cccnc2)no1)N1CCN(c2ncc[nH]c2=O)CC1. The first-order valence-electron chi connectivity index (χ1n) is 9.00. The number of hydrogen-bond acceptors (Lipinski definition) is 8. The van der Waals surface area contributed by atoms with Gasteiger partial charge in [-0.25, -0.2) is 4.98 Å². The Bertz CT molecular complexity index is 993. The Morgan fingerprint density at radius 1 is 1.21 bits per heavy atom. The standard InChI is InChI=1S/C18H19N7O3/c26-15(4-3-14-22-16(23-28-14)13-2-1-5-19-12-13)24-8-10-25(11-9-24)17-18(27)21-7-6-20-17/h1-2,5-7,12H,3-4,8-11H2,(H,21,27). The highest BCUT2D eigenvalue weighted by Gasteiger charge is 2.23.